The fourth-order valence-corrected chi connectivity index (χ4v) is 1.79. The third-order valence-electron chi connectivity index (χ3n) is 3.43. The van der Waals surface area contributed by atoms with Crippen LogP contribution in [0.2, 0.25) is 0 Å². The van der Waals surface area contributed by atoms with Gasteiger partial charge in [0, 0.05) is 40.0 Å². The third-order valence-corrected chi connectivity index (χ3v) is 3.43. The lowest BCUT2D eigenvalue weighted by molar-refractivity contribution is -0.143. The molecule has 0 aliphatic rings. The van der Waals surface area contributed by atoms with Gasteiger partial charge in [-0.25, -0.2) is 0 Å². The first-order valence-corrected chi connectivity index (χ1v) is 9.68. The summed E-state index contributed by atoms with van der Waals surface area (Å²) in [5.74, 6) is -0.651. The highest BCUT2D eigenvalue weighted by Gasteiger charge is 2.22. The van der Waals surface area contributed by atoms with E-state index in [1.165, 1.54) is 18.7 Å². The van der Waals surface area contributed by atoms with E-state index in [9.17, 15) is 14.4 Å². The van der Waals surface area contributed by atoms with Crippen LogP contribution in [0.3, 0.4) is 0 Å². The molecule has 7 heteroatoms. The number of carbonyl (C=O) groups excluding carboxylic acids is 2. The van der Waals surface area contributed by atoms with Crippen LogP contribution in [0.15, 0.2) is 0 Å². The first-order valence-electron chi connectivity index (χ1n) is 9.68. The third kappa shape index (κ3) is 22.5. The molecule has 0 heterocycles. The molecule has 0 atom stereocenters. The van der Waals surface area contributed by atoms with Gasteiger partial charge in [0.25, 0.3) is 0 Å². The average Bonchev–Trinajstić information content (AvgIpc) is 2.54. The predicted molar refractivity (Wildman–Crippen MR) is 107 cm³/mol. The summed E-state index contributed by atoms with van der Waals surface area (Å²) in [6, 6.07) is 0. The van der Waals surface area contributed by atoms with Gasteiger partial charge in [0.1, 0.15) is 0 Å². The van der Waals surface area contributed by atoms with Crippen LogP contribution in [0.1, 0.15) is 81.1 Å². The van der Waals surface area contributed by atoms with Crippen LogP contribution in [-0.4, -0.2) is 58.3 Å². The topological polar surface area (TPSA) is 104 Å². The van der Waals surface area contributed by atoms with E-state index >= 15 is 0 Å². The monoisotopic (exact) mass is 391 g/mol. The predicted octanol–water partition coefficient (Wildman–Crippen LogP) is 3.48. The molecule has 0 bridgehead atoms. The first-order chi connectivity index (χ1) is 12.4. The maximum Gasteiger partial charge on any atom is 0.303 e. The van der Waals surface area contributed by atoms with Crippen molar-refractivity contribution >= 4 is 17.8 Å². The fraction of sp³-hybridized carbons (Fsp3) is 0.850. The van der Waals surface area contributed by atoms with Crippen molar-refractivity contribution in [2.75, 3.05) is 19.8 Å². The molecule has 0 aromatic carbocycles. The van der Waals surface area contributed by atoms with Crippen LogP contribution < -0.4 is 0 Å². The van der Waals surface area contributed by atoms with E-state index in [0.29, 0.717) is 31.9 Å². The van der Waals surface area contributed by atoms with Gasteiger partial charge < -0.3 is 14.9 Å². The van der Waals surface area contributed by atoms with E-state index < -0.39 is 5.97 Å². The van der Waals surface area contributed by atoms with Gasteiger partial charge in [0.05, 0.1) is 5.60 Å². The number of hydrogen-bond acceptors (Lipinski definition) is 5. The lowest BCUT2D eigenvalue weighted by Gasteiger charge is -2.28. The van der Waals surface area contributed by atoms with Crippen LogP contribution in [0.4, 0.5) is 0 Å². The molecule has 0 unspecified atom stereocenters. The molecule has 0 saturated carbocycles. The molecule has 162 valence electrons. The lowest BCUT2D eigenvalue weighted by atomic mass is 10.0. The molecule has 0 aliphatic carbocycles. The number of carboxylic acid groups (broad SMARTS) is 1. The van der Waals surface area contributed by atoms with Gasteiger partial charge in [-0.15, -0.1) is 0 Å². The zero-order valence-electron chi connectivity index (χ0n) is 18.5. The average molecular weight is 392 g/mol. The Kier molecular flexibility index (Phi) is 20.1. The molecule has 0 aromatic heterocycles. The van der Waals surface area contributed by atoms with Crippen molar-refractivity contribution in [3.05, 3.63) is 0 Å². The Morgan fingerprint density at radius 1 is 1.07 bits per heavy atom. The van der Waals surface area contributed by atoms with Gasteiger partial charge in [-0.05, 0) is 39.0 Å². The second-order valence-electron chi connectivity index (χ2n) is 6.95. The van der Waals surface area contributed by atoms with Crippen LogP contribution in [0.5, 0.6) is 0 Å². The Morgan fingerprint density at radius 2 is 1.56 bits per heavy atom. The number of hydrogen-bond donors (Lipinski definition) is 2. The molecule has 0 aromatic rings. The summed E-state index contributed by atoms with van der Waals surface area (Å²) in [6.45, 7) is 16.2. The minimum absolute atomic E-state index is 0.0354. The summed E-state index contributed by atoms with van der Waals surface area (Å²) in [7, 11) is 0. The SMILES string of the molecule is CC.CC(=O)N(CCC(C)(C)OCCC(C)C)C(C)=O.O=C(O)CCCO. The van der Waals surface area contributed by atoms with Gasteiger partial charge in [-0.3, -0.25) is 19.3 Å². The van der Waals surface area contributed by atoms with Crippen molar-refractivity contribution in [2.24, 2.45) is 5.92 Å². The molecule has 2 N–H and O–H groups in total. The van der Waals surface area contributed by atoms with Crippen molar-refractivity contribution < 1.29 is 29.3 Å². The molecular formula is C20H41NO6. The van der Waals surface area contributed by atoms with E-state index in [-0.39, 0.29) is 30.4 Å². The Labute approximate surface area is 165 Å². The van der Waals surface area contributed by atoms with Crippen molar-refractivity contribution in [2.45, 2.75) is 86.7 Å². The van der Waals surface area contributed by atoms with Crippen molar-refractivity contribution in [3.8, 4) is 0 Å². The molecule has 0 fully saturated rings. The summed E-state index contributed by atoms with van der Waals surface area (Å²) in [5.41, 5.74) is -0.307. The number of amides is 2. The van der Waals surface area contributed by atoms with E-state index in [2.05, 4.69) is 13.8 Å². The largest absolute Gasteiger partial charge is 0.481 e. The number of carbonyl (C=O) groups is 3. The van der Waals surface area contributed by atoms with Crippen molar-refractivity contribution in [3.63, 3.8) is 0 Å². The molecule has 7 nitrogen and oxygen atoms in total. The molecule has 0 radical (unpaired) electrons. The molecule has 0 rings (SSSR count). The Morgan fingerprint density at radius 3 is 1.85 bits per heavy atom. The van der Waals surface area contributed by atoms with Crippen LogP contribution >= 0.6 is 0 Å². The number of ether oxygens (including phenoxy) is 1. The molecular weight excluding hydrogens is 350 g/mol. The normalized spacial score (nSPS) is 10.3. The Hall–Kier alpha value is -1.47. The van der Waals surface area contributed by atoms with Crippen molar-refractivity contribution in [1.82, 2.24) is 4.90 Å². The molecule has 0 aliphatic heterocycles. The second kappa shape index (κ2) is 17.9. The Balaban J connectivity index is -0.000000535. The van der Waals surface area contributed by atoms with Gasteiger partial charge in [0.2, 0.25) is 11.8 Å². The first kappa shape index (κ1) is 30.3. The lowest BCUT2D eigenvalue weighted by Crippen LogP contribution is -2.38. The minimum Gasteiger partial charge on any atom is -0.481 e. The number of imide groups is 1. The standard InChI is InChI=1S/C14H27NO3.C4H8O3.C2H6/c1-11(2)7-10-18-14(5,6)8-9-15(12(3)16)13(4)17;5-3-1-2-4(6)7;1-2/h11H,7-10H2,1-6H3;5H,1-3H2,(H,6,7);1-2H3. The van der Waals surface area contributed by atoms with Crippen molar-refractivity contribution in [1.29, 1.82) is 0 Å². The number of rotatable bonds is 10. The Bertz CT molecular complexity index is 393. The minimum atomic E-state index is -0.853. The number of carboxylic acids is 1. The molecule has 0 spiro atoms. The van der Waals surface area contributed by atoms with Crippen LogP contribution in [-0.2, 0) is 19.1 Å². The van der Waals surface area contributed by atoms with Gasteiger partial charge in [-0.2, -0.15) is 0 Å². The molecule has 27 heavy (non-hydrogen) atoms. The fourth-order valence-electron chi connectivity index (χ4n) is 1.79. The quantitative estimate of drug-likeness (QED) is 0.591. The van der Waals surface area contributed by atoms with Gasteiger partial charge in [0.15, 0.2) is 0 Å². The maximum absolute atomic E-state index is 11.3. The zero-order valence-corrected chi connectivity index (χ0v) is 18.5. The summed E-state index contributed by atoms with van der Waals surface area (Å²) in [5, 5.41) is 16.0. The summed E-state index contributed by atoms with van der Waals surface area (Å²) < 4.78 is 5.80. The highest BCUT2D eigenvalue weighted by molar-refractivity contribution is 5.92. The maximum atomic E-state index is 11.3. The van der Waals surface area contributed by atoms with Crippen LogP contribution in [0, 0.1) is 5.92 Å². The van der Waals surface area contributed by atoms with E-state index in [1.54, 1.807) is 0 Å². The number of aliphatic hydroxyl groups is 1. The smallest absolute Gasteiger partial charge is 0.303 e. The highest BCUT2D eigenvalue weighted by Crippen LogP contribution is 2.16. The summed E-state index contributed by atoms with van der Waals surface area (Å²) in [6.07, 6.45) is 2.10. The van der Waals surface area contributed by atoms with Crippen LogP contribution in [0.25, 0.3) is 0 Å². The van der Waals surface area contributed by atoms with E-state index in [4.69, 9.17) is 14.9 Å². The number of aliphatic hydroxyl groups excluding tert-OH is 1. The highest BCUT2D eigenvalue weighted by atomic mass is 16.5. The zero-order chi connectivity index (χ0) is 22.0. The summed E-state index contributed by atoms with van der Waals surface area (Å²) in [4.78, 5) is 33.4. The summed E-state index contributed by atoms with van der Waals surface area (Å²) >= 11 is 0. The number of aliphatic carboxylic acids is 1. The van der Waals surface area contributed by atoms with Gasteiger partial charge >= 0.3 is 5.97 Å². The second-order valence-corrected chi connectivity index (χ2v) is 6.95. The van der Waals surface area contributed by atoms with E-state index in [1.807, 2.05) is 27.7 Å². The van der Waals surface area contributed by atoms with E-state index in [0.717, 1.165) is 6.42 Å². The van der Waals surface area contributed by atoms with Gasteiger partial charge in [-0.1, -0.05) is 27.7 Å². The molecule has 2 amide bonds. The molecule has 0 saturated heterocycles. The number of nitrogens with zero attached hydrogens (tertiary/aromatic N) is 1.